The molecule has 20 heavy (non-hydrogen) atoms. The van der Waals surface area contributed by atoms with Crippen molar-refractivity contribution in [2.24, 2.45) is 0 Å². The molecule has 2 aliphatic rings. The third-order valence-electron chi connectivity index (χ3n) is 4.72. The smallest absolute Gasteiger partial charge is 0.0331 e. The Morgan fingerprint density at radius 3 is 2.40 bits per heavy atom. The van der Waals surface area contributed by atoms with Crippen LogP contribution in [-0.2, 0) is 12.8 Å². The fourth-order valence-corrected chi connectivity index (χ4v) is 4.14. The number of hydrogen-bond acceptors (Lipinski definition) is 1. The van der Waals surface area contributed by atoms with Crippen molar-refractivity contribution in [2.45, 2.75) is 37.8 Å². The van der Waals surface area contributed by atoms with Crippen molar-refractivity contribution >= 4 is 15.9 Å². The van der Waals surface area contributed by atoms with Crippen LogP contribution in [0.1, 0.15) is 47.2 Å². The Hall–Kier alpha value is -1.12. The Morgan fingerprint density at radius 1 is 0.850 bits per heavy atom. The van der Waals surface area contributed by atoms with Gasteiger partial charge in [0.15, 0.2) is 0 Å². The van der Waals surface area contributed by atoms with E-state index in [1.54, 1.807) is 0 Å². The van der Waals surface area contributed by atoms with Crippen LogP contribution < -0.4 is 5.32 Å². The van der Waals surface area contributed by atoms with Gasteiger partial charge in [-0.3, -0.25) is 0 Å². The Balaban J connectivity index is 1.58. The first kappa shape index (κ1) is 12.6. The summed E-state index contributed by atoms with van der Waals surface area (Å²) in [6.07, 6.45) is 4.88. The van der Waals surface area contributed by atoms with E-state index < -0.39 is 0 Å². The van der Waals surface area contributed by atoms with Crippen LogP contribution in [0, 0.1) is 0 Å². The average molecular weight is 328 g/mol. The summed E-state index contributed by atoms with van der Waals surface area (Å²) in [6.45, 7) is 0. The first-order chi connectivity index (χ1) is 9.81. The van der Waals surface area contributed by atoms with Crippen LogP contribution in [0.25, 0.3) is 0 Å². The zero-order chi connectivity index (χ0) is 13.5. The minimum absolute atomic E-state index is 0.522. The maximum absolute atomic E-state index is 3.89. The molecule has 0 saturated carbocycles. The normalized spacial score (nSPS) is 23.6. The van der Waals surface area contributed by atoms with Gasteiger partial charge in [0.2, 0.25) is 0 Å². The molecule has 0 fully saturated rings. The summed E-state index contributed by atoms with van der Waals surface area (Å²) in [6, 6.07) is 16.7. The molecule has 0 aliphatic heterocycles. The second kappa shape index (κ2) is 5.01. The molecule has 0 bridgehead atoms. The third kappa shape index (κ3) is 2.11. The van der Waals surface area contributed by atoms with Crippen LogP contribution in [0.5, 0.6) is 0 Å². The Bertz CT molecular complexity index is 650. The molecule has 2 unspecified atom stereocenters. The zero-order valence-corrected chi connectivity index (χ0v) is 13.0. The van der Waals surface area contributed by atoms with Crippen molar-refractivity contribution < 1.29 is 0 Å². The van der Waals surface area contributed by atoms with Gasteiger partial charge in [0, 0.05) is 16.6 Å². The number of nitrogens with one attached hydrogen (secondary N) is 1. The van der Waals surface area contributed by atoms with Crippen molar-refractivity contribution in [3.05, 3.63) is 69.2 Å². The molecule has 4 rings (SSSR count). The second-order valence-electron chi connectivity index (χ2n) is 5.89. The predicted molar refractivity (Wildman–Crippen MR) is 85.8 cm³/mol. The SMILES string of the molecule is Brc1ccc2c(c1)CCC2NC1CCc2ccccc21. The Kier molecular flexibility index (Phi) is 3.16. The molecule has 0 radical (unpaired) electrons. The number of aryl methyl sites for hydroxylation is 2. The molecule has 102 valence electrons. The molecule has 0 aromatic heterocycles. The molecule has 0 amide bonds. The molecule has 0 heterocycles. The first-order valence-corrected chi connectivity index (χ1v) is 8.23. The van der Waals surface area contributed by atoms with Gasteiger partial charge < -0.3 is 5.32 Å². The van der Waals surface area contributed by atoms with Crippen molar-refractivity contribution in [2.75, 3.05) is 0 Å². The zero-order valence-electron chi connectivity index (χ0n) is 11.4. The van der Waals surface area contributed by atoms with E-state index in [1.165, 1.54) is 52.4 Å². The third-order valence-corrected chi connectivity index (χ3v) is 5.21. The largest absolute Gasteiger partial charge is 0.303 e. The van der Waals surface area contributed by atoms with Crippen LogP contribution in [0.3, 0.4) is 0 Å². The summed E-state index contributed by atoms with van der Waals surface area (Å²) in [4.78, 5) is 0. The van der Waals surface area contributed by atoms with E-state index in [4.69, 9.17) is 0 Å². The van der Waals surface area contributed by atoms with E-state index >= 15 is 0 Å². The molecule has 2 aliphatic carbocycles. The van der Waals surface area contributed by atoms with Gasteiger partial charge in [-0.25, -0.2) is 0 Å². The minimum Gasteiger partial charge on any atom is -0.303 e. The van der Waals surface area contributed by atoms with Crippen LogP contribution in [-0.4, -0.2) is 0 Å². The van der Waals surface area contributed by atoms with E-state index in [-0.39, 0.29) is 0 Å². The quantitative estimate of drug-likeness (QED) is 0.842. The molecule has 0 spiro atoms. The molecule has 0 saturated heterocycles. The highest BCUT2D eigenvalue weighted by atomic mass is 79.9. The number of hydrogen-bond donors (Lipinski definition) is 1. The fourth-order valence-electron chi connectivity index (χ4n) is 3.73. The number of fused-ring (bicyclic) bond motifs is 2. The second-order valence-corrected chi connectivity index (χ2v) is 6.81. The van der Waals surface area contributed by atoms with E-state index in [1.807, 2.05) is 0 Å². The molecule has 1 nitrogen and oxygen atoms in total. The highest BCUT2D eigenvalue weighted by molar-refractivity contribution is 9.10. The summed E-state index contributed by atoms with van der Waals surface area (Å²) in [5.74, 6) is 0. The summed E-state index contributed by atoms with van der Waals surface area (Å²) >= 11 is 3.57. The van der Waals surface area contributed by atoms with E-state index in [2.05, 4.69) is 63.7 Å². The topological polar surface area (TPSA) is 12.0 Å². The lowest BCUT2D eigenvalue weighted by Gasteiger charge is -2.21. The van der Waals surface area contributed by atoms with Gasteiger partial charge in [-0.15, -0.1) is 0 Å². The van der Waals surface area contributed by atoms with Gasteiger partial charge in [-0.1, -0.05) is 46.3 Å². The van der Waals surface area contributed by atoms with Crippen LogP contribution >= 0.6 is 15.9 Å². The minimum atomic E-state index is 0.522. The van der Waals surface area contributed by atoms with E-state index in [9.17, 15) is 0 Å². The number of halogens is 1. The van der Waals surface area contributed by atoms with Gasteiger partial charge in [-0.2, -0.15) is 0 Å². The van der Waals surface area contributed by atoms with Gasteiger partial charge in [0.05, 0.1) is 0 Å². The monoisotopic (exact) mass is 327 g/mol. The van der Waals surface area contributed by atoms with Gasteiger partial charge >= 0.3 is 0 Å². The lowest BCUT2D eigenvalue weighted by Crippen LogP contribution is -2.23. The Labute approximate surface area is 128 Å². The van der Waals surface area contributed by atoms with Crippen molar-refractivity contribution in [3.63, 3.8) is 0 Å². The molecule has 2 aromatic rings. The number of benzene rings is 2. The molecule has 1 N–H and O–H groups in total. The van der Waals surface area contributed by atoms with Crippen molar-refractivity contribution in [1.82, 2.24) is 5.32 Å². The fraction of sp³-hybridized carbons (Fsp3) is 0.333. The molecule has 2 aromatic carbocycles. The maximum Gasteiger partial charge on any atom is 0.0331 e. The predicted octanol–water partition coefficient (Wildman–Crippen LogP) is 4.71. The molecular formula is C18H18BrN. The lowest BCUT2D eigenvalue weighted by atomic mass is 10.0. The van der Waals surface area contributed by atoms with Gasteiger partial charge in [-0.05, 0) is 60.1 Å². The van der Waals surface area contributed by atoms with E-state index in [0.29, 0.717) is 12.1 Å². The highest BCUT2D eigenvalue weighted by Crippen LogP contribution is 2.38. The van der Waals surface area contributed by atoms with Crippen LogP contribution in [0.15, 0.2) is 46.9 Å². The first-order valence-electron chi connectivity index (χ1n) is 7.43. The molecule has 2 atom stereocenters. The van der Waals surface area contributed by atoms with Gasteiger partial charge in [0.1, 0.15) is 0 Å². The van der Waals surface area contributed by atoms with Crippen molar-refractivity contribution in [3.8, 4) is 0 Å². The summed E-state index contributed by atoms with van der Waals surface area (Å²) in [7, 11) is 0. The van der Waals surface area contributed by atoms with Crippen LogP contribution in [0.4, 0.5) is 0 Å². The maximum atomic E-state index is 3.89. The molecule has 2 heteroatoms. The van der Waals surface area contributed by atoms with Gasteiger partial charge in [0.25, 0.3) is 0 Å². The summed E-state index contributed by atoms with van der Waals surface area (Å²) in [5, 5.41) is 3.89. The highest BCUT2D eigenvalue weighted by Gasteiger charge is 2.28. The van der Waals surface area contributed by atoms with Crippen LogP contribution in [0.2, 0.25) is 0 Å². The Morgan fingerprint density at radius 2 is 1.55 bits per heavy atom. The standard InChI is InChI=1S/C18H18BrN/c19-14-7-8-16-13(11-14)6-10-18(16)20-17-9-5-12-3-1-2-4-15(12)17/h1-4,7-8,11,17-18,20H,5-6,9-10H2. The molecular weight excluding hydrogens is 310 g/mol. The number of rotatable bonds is 2. The summed E-state index contributed by atoms with van der Waals surface area (Å²) < 4.78 is 1.20. The summed E-state index contributed by atoms with van der Waals surface area (Å²) in [5.41, 5.74) is 6.04. The van der Waals surface area contributed by atoms with Crippen molar-refractivity contribution in [1.29, 1.82) is 0 Å². The average Bonchev–Trinajstić information content (AvgIpc) is 3.04. The van der Waals surface area contributed by atoms with E-state index in [0.717, 1.165) is 0 Å². The lowest BCUT2D eigenvalue weighted by molar-refractivity contribution is 0.440.